The summed E-state index contributed by atoms with van der Waals surface area (Å²) in [5.74, 6) is 0.0403. The van der Waals surface area contributed by atoms with E-state index >= 15 is 0 Å². The summed E-state index contributed by atoms with van der Waals surface area (Å²) in [4.78, 5) is 28.6. The van der Waals surface area contributed by atoms with Crippen molar-refractivity contribution in [1.29, 1.82) is 0 Å². The fraction of sp³-hybridized carbons (Fsp3) is 0.273. The number of carbonyl (C=O) groups excluding carboxylic acids is 1. The van der Waals surface area contributed by atoms with Crippen molar-refractivity contribution in [2.75, 3.05) is 37.7 Å². The molecule has 2 heterocycles. The third-order valence-corrected chi connectivity index (χ3v) is 5.29. The van der Waals surface area contributed by atoms with Gasteiger partial charge in [-0.15, -0.1) is 0 Å². The maximum Gasteiger partial charge on any atom is 0.260 e. The van der Waals surface area contributed by atoms with Crippen LogP contribution in [0.1, 0.15) is 0 Å². The molecule has 0 aliphatic carbocycles. The highest BCUT2D eigenvalue weighted by atomic mass is 19.1. The number of aryl methyl sites for hydroxylation is 1. The smallest absolute Gasteiger partial charge is 0.260 e. The molecule has 1 saturated heterocycles. The van der Waals surface area contributed by atoms with Crippen LogP contribution < -0.4 is 15.2 Å². The Morgan fingerprint density at radius 3 is 2.45 bits per heavy atom. The summed E-state index contributed by atoms with van der Waals surface area (Å²) in [6, 6.07) is 15.2. The van der Waals surface area contributed by atoms with E-state index in [4.69, 9.17) is 4.74 Å². The van der Waals surface area contributed by atoms with E-state index in [-0.39, 0.29) is 23.9 Å². The van der Waals surface area contributed by atoms with E-state index in [2.05, 4.69) is 4.90 Å². The van der Waals surface area contributed by atoms with E-state index in [1.807, 2.05) is 24.3 Å². The lowest BCUT2D eigenvalue weighted by Crippen LogP contribution is -2.50. The molecule has 6 nitrogen and oxygen atoms in total. The van der Waals surface area contributed by atoms with Gasteiger partial charge in [0.1, 0.15) is 11.6 Å². The molecule has 0 atom stereocenters. The first kappa shape index (κ1) is 19.0. The van der Waals surface area contributed by atoms with Gasteiger partial charge < -0.3 is 19.1 Å². The third kappa shape index (κ3) is 3.94. The molecule has 2 aromatic carbocycles. The molecule has 29 heavy (non-hydrogen) atoms. The molecule has 0 spiro atoms. The lowest BCUT2D eigenvalue weighted by atomic mass is 10.2. The fourth-order valence-electron chi connectivity index (χ4n) is 3.60. The van der Waals surface area contributed by atoms with Crippen molar-refractivity contribution in [2.45, 2.75) is 0 Å². The van der Waals surface area contributed by atoms with Gasteiger partial charge in [0, 0.05) is 50.4 Å². The van der Waals surface area contributed by atoms with Crippen LogP contribution in [-0.4, -0.2) is 48.2 Å². The van der Waals surface area contributed by atoms with Crippen LogP contribution >= 0.6 is 0 Å². The van der Waals surface area contributed by atoms with Gasteiger partial charge in [-0.05, 0) is 36.4 Å². The van der Waals surface area contributed by atoms with E-state index in [1.165, 1.54) is 18.2 Å². The number of ether oxygens (including phenoxy) is 1. The van der Waals surface area contributed by atoms with Crippen LogP contribution in [0.5, 0.6) is 5.75 Å². The van der Waals surface area contributed by atoms with Gasteiger partial charge in [-0.25, -0.2) is 4.39 Å². The fourth-order valence-corrected chi connectivity index (χ4v) is 3.60. The highest BCUT2D eigenvalue weighted by Crippen LogP contribution is 2.23. The van der Waals surface area contributed by atoms with Crippen LogP contribution in [0.4, 0.5) is 10.1 Å². The molecule has 1 aliphatic rings. The minimum atomic E-state index is -0.261. The molecule has 3 aromatic rings. The number of halogens is 1. The molecule has 7 heteroatoms. The van der Waals surface area contributed by atoms with Gasteiger partial charge in [0.25, 0.3) is 11.5 Å². The first-order valence-corrected chi connectivity index (χ1v) is 9.53. The Morgan fingerprint density at radius 2 is 1.72 bits per heavy atom. The molecule has 0 radical (unpaired) electrons. The standard InChI is InChI=1S/C22H22FN3O3/c1-24-19-5-3-2-4-18(19)20(14-21(24)27)29-15-22(28)26-12-10-25(11-13-26)17-8-6-16(23)7-9-17/h2-9,14H,10-13,15H2,1H3. The molecule has 1 aliphatic heterocycles. The van der Waals surface area contributed by atoms with Crippen molar-refractivity contribution in [1.82, 2.24) is 9.47 Å². The second kappa shape index (κ2) is 7.95. The second-order valence-electron chi connectivity index (χ2n) is 7.06. The summed E-state index contributed by atoms with van der Waals surface area (Å²) in [7, 11) is 1.71. The molecule has 1 aromatic heterocycles. The lowest BCUT2D eigenvalue weighted by molar-refractivity contribution is -0.133. The van der Waals surface area contributed by atoms with Crippen LogP contribution in [0, 0.1) is 5.82 Å². The average molecular weight is 395 g/mol. The third-order valence-electron chi connectivity index (χ3n) is 5.29. The van der Waals surface area contributed by atoms with Crippen LogP contribution in [0.3, 0.4) is 0 Å². The molecule has 0 N–H and O–H groups in total. The summed E-state index contributed by atoms with van der Waals surface area (Å²) in [6.45, 7) is 2.36. The van der Waals surface area contributed by atoms with E-state index < -0.39 is 0 Å². The minimum Gasteiger partial charge on any atom is -0.483 e. The summed E-state index contributed by atoms with van der Waals surface area (Å²) in [5, 5.41) is 0.795. The SMILES string of the molecule is Cn1c(=O)cc(OCC(=O)N2CCN(c3ccc(F)cc3)CC2)c2ccccc21. The normalized spacial score (nSPS) is 14.3. The van der Waals surface area contributed by atoms with Gasteiger partial charge in [0.15, 0.2) is 6.61 Å². The van der Waals surface area contributed by atoms with Crippen molar-refractivity contribution in [2.24, 2.45) is 7.05 Å². The molecule has 4 rings (SSSR count). The first-order valence-electron chi connectivity index (χ1n) is 9.53. The minimum absolute atomic E-state index is 0.117. The van der Waals surface area contributed by atoms with Gasteiger partial charge in [-0.3, -0.25) is 9.59 Å². The predicted octanol–water partition coefficient (Wildman–Crippen LogP) is 2.41. The number of piperazine rings is 1. The maximum atomic E-state index is 13.1. The number of anilines is 1. The molecule has 1 amide bonds. The zero-order valence-corrected chi connectivity index (χ0v) is 16.2. The molecule has 1 fully saturated rings. The van der Waals surface area contributed by atoms with Crippen molar-refractivity contribution in [3.05, 3.63) is 70.8 Å². The largest absolute Gasteiger partial charge is 0.483 e. The number of para-hydroxylation sites is 1. The van der Waals surface area contributed by atoms with E-state index in [0.717, 1.165) is 16.6 Å². The van der Waals surface area contributed by atoms with Gasteiger partial charge in [0.05, 0.1) is 5.52 Å². The Bertz CT molecular complexity index is 1090. The Kier molecular flexibility index (Phi) is 5.20. The number of carbonyl (C=O) groups is 1. The monoisotopic (exact) mass is 395 g/mol. The van der Waals surface area contributed by atoms with Crippen LogP contribution in [-0.2, 0) is 11.8 Å². The summed E-state index contributed by atoms with van der Waals surface area (Å²) in [6.07, 6.45) is 0. The number of nitrogens with zero attached hydrogens (tertiary/aromatic N) is 3. The van der Waals surface area contributed by atoms with Crippen LogP contribution in [0.25, 0.3) is 10.9 Å². The quantitative estimate of drug-likeness (QED) is 0.681. The number of amides is 1. The van der Waals surface area contributed by atoms with Crippen molar-refractivity contribution in [3.63, 3.8) is 0 Å². The van der Waals surface area contributed by atoms with Gasteiger partial charge in [-0.2, -0.15) is 0 Å². The Morgan fingerprint density at radius 1 is 1.03 bits per heavy atom. The van der Waals surface area contributed by atoms with Gasteiger partial charge in [0.2, 0.25) is 0 Å². The Labute approximate surface area is 167 Å². The zero-order valence-electron chi connectivity index (χ0n) is 16.2. The molecular formula is C22H22FN3O3. The highest BCUT2D eigenvalue weighted by molar-refractivity contribution is 5.86. The molecule has 150 valence electrons. The number of aromatic nitrogens is 1. The van der Waals surface area contributed by atoms with Crippen molar-refractivity contribution >= 4 is 22.5 Å². The number of rotatable bonds is 4. The van der Waals surface area contributed by atoms with Crippen LogP contribution in [0.2, 0.25) is 0 Å². The van der Waals surface area contributed by atoms with E-state index in [0.29, 0.717) is 31.9 Å². The summed E-state index contributed by atoms with van der Waals surface area (Å²) >= 11 is 0. The second-order valence-corrected chi connectivity index (χ2v) is 7.06. The number of fused-ring (bicyclic) bond motifs is 1. The summed E-state index contributed by atoms with van der Waals surface area (Å²) in [5.41, 5.74) is 1.52. The summed E-state index contributed by atoms with van der Waals surface area (Å²) < 4.78 is 20.4. The predicted molar refractivity (Wildman–Crippen MR) is 110 cm³/mol. The first-order chi connectivity index (χ1) is 14.0. The average Bonchev–Trinajstić information content (AvgIpc) is 2.76. The number of pyridine rings is 1. The van der Waals surface area contributed by atoms with Gasteiger partial charge >= 0.3 is 0 Å². The lowest BCUT2D eigenvalue weighted by Gasteiger charge is -2.36. The highest BCUT2D eigenvalue weighted by Gasteiger charge is 2.22. The molecular weight excluding hydrogens is 373 g/mol. The van der Waals surface area contributed by atoms with Crippen molar-refractivity contribution in [3.8, 4) is 5.75 Å². The maximum absolute atomic E-state index is 13.1. The van der Waals surface area contributed by atoms with Crippen molar-refractivity contribution < 1.29 is 13.9 Å². The number of benzene rings is 2. The molecule has 0 saturated carbocycles. The zero-order chi connectivity index (χ0) is 20.4. The van der Waals surface area contributed by atoms with E-state index in [1.54, 1.807) is 28.6 Å². The van der Waals surface area contributed by atoms with Crippen LogP contribution in [0.15, 0.2) is 59.4 Å². The number of hydrogen-bond donors (Lipinski definition) is 0. The number of hydrogen-bond acceptors (Lipinski definition) is 4. The topological polar surface area (TPSA) is 54.8 Å². The molecule has 0 unspecified atom stereocenters. The Balaban J connectivity index is 1.39. The molecule has 0 bridgehead atoms. The Hall–Kier alpha value is -3.35. The van der Waals surface area contributed by atoms with Gasteiger partial charge in [-0.1, -0.05) is 12.1 Å². The van der Waals surface area contributed by atoms with E-state index in [9.17, 15) is 14.0 Å².